The topological polar surface area (TPSA) is 99.2 Å². The lowest BCUT2D eigenvalue weighted by Crippen LogP contribution is -2.09. The van der Waals surface area contributed by atoms with E-state index in [-0.39, 0.29) is 33.6 Å². The highest BCUT2D eigenvalue weighted by Gasteiger charge is 2.17. The number of hydrogen-bond donors (Lipinski definition) is 2. The molecule has 2 rings (SSSR count). The van der Waals surface area contributed by atoms with E-state index in [1.807, 2.05) is 6.07 Å². The molecule has 0 saturated carbocycles. The first kappa shape index (κ1) is 19.7. The Labute approximate surface area is 164 Å². The van der Waals surface area contributed by atoms with Crippen LogP contribution in [0.25, 0.3) is 0 Å². The number of nitrogens with one attached hydrogen (secondary N) is 1. The number of nitrogens with zero attached hydrogens (tertiary/aromatic N) is 2. The summed E-state index contributed by atoms with van der Waals surface area (Å²) in [6, 6.07) is 10.9. The molecule has 0 saturated heterocycles. The summed E-state index contributed by atoms with van der Waals surface area (Å²) in [6.07, 6.45) is 1.33. The van der Waals surface area contributed by atoms with Gasteiger partial charge in [-0.2, -0.15) is 5.26 Å². The first-order valence-electron chi connectivity index (χ1n) is 7.13. The van der Waals surface area contributed by atoms with E-state index in [2.05, 4.69) is 5.32 Å². The molecule has 26 heavy (non-hydrogen) atoms. The molecule has 2 N–H and O–H groups in total. The van der Waals surface area contributed by atoms with Crippen molar-refractivity contribution in [2.45, 2.75) is 6.42 Å². The van der Waals surface area contributed by atoms with Crippen molar-refractivity contribution in [1.29, 1.82) is 5.26 Å². The van der Waals surface area contributed by atoms with Crippen molar-refractivity contribution in [3.8, 4) is 6.07 Å². The van der Waals surface area contributed by atoms with Crippen LogP contribution in [0, 0.1) is 21.4 Å². The van der Waals surface area contributed by atoms with Crippen LogP contribution < -0.4 is 5.32 Å². The lowest BCUT2D eigenvalue weighted by Gasteiger charge is -2.09. The molecule has 0 atom stereocenters. The Kier molecular flexibility index (Phi) is 6.52. The summed E-state index contributed by atoms with van der Waals surface area (Å²) in [5.74, 6) is -0.108. The first-order valence-corrected chi connectivity index (χ1v) is 8.30. The first-order chi connectivity index (χ1) is 12.3. The van der Waals surface area contributed by atoms with Gasteiger partial charge in [-0.25, -0.2) is 0 Å². The Morgan fingerprint density at radius 3 is 2.69 bits per heavy atom. The number of rotatable bonds is 5. The van der Waals surface area contributed by atoms with Gasteiger partial charge in [0.15, 0.2) is 0 Å². The fourth-order valence-electron chi connectivity index (χ4n) is 2.11. The maximum Gasteiger partial charge on any atom is 0.294 e. The van der Waals surface area contributed by atoms with E-state index >= 15 is 0 Å². The van der Waals surface area contributed by atoms with Crippen molar-refractivity contribution in [3.05, 3.63) is 79.5 Å². The molecular formula is C17H11Cl2N3O3S. The van der Waals surface area contributed by atoms with Crippen LogP contribution in [0.5, 0.6) is 0 Å². The van der Waals surface area contributed by atoms with Gasteiger partial charge in [-0.1, -0.05) is 47.6 Å². The predicted molar refractivity (Wildman–Crippen MR) is 105 cm³/mol. The number of nitriles is 1. The molecule has 0 spiro atoms. The van der Waals surface area contributed by atoms with E-state index in [1.54, 1.807) is 12.1 Å². The number of anilines is 1. The summed E-state index contributed by atoms with van der Waals surface area (Å²) in [4.78, 5) is 10.5. The molecule has 9 heteroatoms. The smallest absolute Gasteiger partial charge is 0.294 e. The average Bonchev–Trinajstić information content (AvgIpc) is 2.58. The number of hydrogen-bond acceptors (Lipinski definition) is 5. The zero-order valence-corrected chi connectivity index (χ0v) is 15.4. The van der Waals surface area contributed by atoms with Crippen LogP contribution in [0.15, 0.2) is 48.2 Å². The van der Waals surface area contributed by atoms with Crippen LogP contribution in [0.4, 0.5) is 11.4 Å². The predicted octanol–water partition coefficient (Wildman–Crippen LogP) is 5.20. The maximum absolute atomic E-state index is 11.1. The molecule has 6 nitrogen and oxygen atoms in total. The maximum atomic E-state index is 11.1. The monoisotopic (exact) mass is 407 g/mol. The van der Waals surface area contributed by atoms with Gasteiger partial charge in [-0.15, -0.1) is 0 Å². The second kappa shape index (κ2) is 8.63. The number of aliphatic hydroxyl groups excluding tert-OH is 1. The summed E-state index contributed by atoms with van der Waals surface area (Å²) in [5.41, 5.74) is 0.823. The van der Waals surface area contributed by atoms with Gasteiger partial charge in [0.05, 0.1) is 27.3 Å². The van der Waals surface area contributed by atoms with E-state index < -0.39 is 4.92 Å². The van der Waals surface area contributed by atoms with Crippen LogP contribution in [0.1, 0.15) is 11.1 Å². The highest BCUT2D eigenvalue weighted by atomic mass is 35.5. The number of para-hydroxylation sites is 1. The van der Waals surface area contributed by atoms with E-state index in [9.17, 15) is 15.2 Å². The van der Waals surface area contributed by atoms with E-state index in [0.717, 1.165) is 0 Å². The molecule has 0 heterocycles. The van der Waals surface area contributed by atoms with Gasteiger partial charge in [-0.05, 0) is 23.8 Å². The molecule has 0 aromatic heterocycles. The Bertz CT molecular complexity index is 955. The van der Waals surface area contributed by atoms with Gasteiger partial charge in [-0.3, -0.25) is 10.1 Å². The quantitative estimate of drug-likeness (QED) is 0.232. The van der Waals surface area contributed by atoms with Crippen molar-refractivity contribution in [3.63, 3.8) is 0 Å². The number of benzene rings is 2. The molecule has 132 valence electrons. The van der Waals surface area contributed by atoms with E-state index in [4.69, 9.17) is 40.7 Å². The number of halogens is 2. The van der Waals surface area contributed by atoms with Crippen molar-refractivity contribution >= 4 is 51.8 Å². The van der Waals surface area contributed by atoms with Crippen LogP contribution in [-0.4, -0.2) is 15.0 Å². The van der Waals surface area contributed by atoms with Gasteiger partial charge in [0.2, 0.25) is 0 Å². The third kappa shape index (κ3) is 4.92. The summed E-state index contributed by atoms with van der Waals surface area (Å²) in [6.45, 7) is 0. The van der Waals surface area contributed by atoms with Crippen LogP contribution in [-0.2, 0) is 6.42 Å². The number of nitro benzene ring substituents is 1. The minimum Gasteiger partial charge on any atom is -0.512 e. The van der Waals surface area contributed by atoms with Gasteiger partial charge in [0.25, 0.3) is 5.69 Å². The number of allylic oxidation sites excluding steroid dienone is 1. The Balaban J connectivity index is 2.17. The molecule has 0 radical (unpaired) electrons. The molecule has 2 aromatic rings. The lowest BCUT2D eigenvalue weighted by atomic mass is 10.1. The minimum absolute atomic E-state index is 0.0449. The lowest BCUT2D eigenvalue weighted by molar-refractivity contribution is -0.383. The molecule has 2 aromatic carbocycles. The standard InChI is InChI=1S/C17H11Cl2N3O3S/c18-13-2-1-3-15(22(24)25)17(13)21-16(26)8-12(23)7-11-5-4-10(9-20)6-14(11)19/h1-6,8,23H,7H2,(H,21,26). The minimum atomic E-state index is -0.586. The Hall–Kier alpha value is -2.66. The van der Waals surface area contributed by atoms with Crippen LogP contribution >= 0.6 is 35.4 Å². The second-order valence-corrected chi connectivity index (χ2v) is 6.36. The molecule has 0 unspecified atom stereocenters. The van der Waals surface area contributed by atoms with Gasteiger partial charge in [0.1, 0.15) is 10.7 Å². The molecule has 0 fully saturated rings. The van der Waals surface area contributed by atoms with Gasteiger partial charge < -0.3 is 10.4 Å². The average molecular weight is 408 g/mol. The largest absolute Gasteiger partial charge is 0.512 e. The number of nitro groups is 1. The zero-order chi connectivity index (χ0) is 19.3. The molecule has 0 aliphatic carbocycles. The van der Waals surface area contributed by atoms with Gasteiger partial charge in [0, 0.05) is 23.6 Å². The van der Waals surface area contributed by atoms with Crippen LogP contribution in [0.2, 0.25) is 10.0 Å². The van der Waals surface area contributed by atoms with Crippen LogP contribution in [0.3, 0.4) is 0 Å². The SMILES string of the molecule is N#Cc1ccc(CC(O)=CC(=S)Nc2c(Cl)cccc2[N+](=O)[O-])c(Cl)c1. The van der Waals surface area contributed by atoms with Crippen molar-refractivity contribution in [1.82, 2.24) is 0 Å². The summed E-state index contributed by atoms with van der Waals surface area (Å²) < 4.78 is 0. The van der Waals surface area contributed by atoms with Gasteiger partial charge >= 0.3 is 0 Å². The molecule has 0 bridgehead atoms. The Morgan fingerprint density at radius 2 is 2.08 bits per heavy atom. The highest BCUT2D eigenvalue weighted by Crippen LogP contribution is 2.32. The summed E-state index contributed by atoms with van der Waals surface area (Å²) in [5, 5.41) is 33.1. The zero-order valence-electron chi connectivity index (χ0n) is 13.1. The fraction of sp³-hybridized carbons (Fsp3) is 0.0588. The van der Waals surface area contributed by atoms with E-state index in [0.29, 0.717) is 16.1 Å². The molecular weight excluding hydrogens is 397 g/mol. The fourth-order valence-corrected chi connectivity index (χ4v) is 2.81. The number of aliphatic hydroxyl groups is 1. The molecule has 0 amide bonds. The highest BCUT2D eigenvalue weighted by molar-refractivity contribution is 7.81. The molecule has 0 aliphatic heterocycles. The summed E-state index contributed by atoms with van der Waals surface area (Å²) >= 11 is 17.1. The third-order valence-electron chi connectivity index (χ3n) is 3.29. The molecule has 0 aliphatic rings. The van der Waals surface area contributed by atoms with E-state index in [1.165, 1.54) is 30.3 Å². The number of thiocarbonyl (C=S) groups is 1. The normalized spacial score (nSPS) is 10.9. The van der Waals surface area contributed by atoms with Crippen molar-refractivity contribution in [2.75, 3.05) is 5.32 Å². The second-order valence-electron chi connectivity index (χ2n) is 5.11. The third-order valence-corrected chi connectivity index (χ3v) is 4.17. The van der Waals surface area contributed by atoms with Crippen molar-refractivity contribution in [2.24, 2.45) is 0 Å². The van der Waals surface area contributed by atoms with Crippen molar-refractivity contribution < 1.29 is 10.0 Å². The Morgan fingerprint density at radius 1 is 1.35 bits per heavy atom. The summed E-state index contributed by atoms with van der Waals surface area (Å²) in [7, 11) is 0.